The number of hydrogen-bond donors (Lipinski definition) is 4. The summed E-state index contributed by atoms with van der Waals surface area (Å²) in [6, 6.07) is 1.93. The summed E-state index contributed by atoms with van der Waals surface area (Å²) in [5.41, 5.74) is 0.509. The highest BCUT2D eigenvalue weighted by atomic mass is 19.1. The number of H-pyrrole nitrogens is 1. The minimum absolute atomic E-state index is 0.0561. The SMILES string of the molecule is CC(C)CCC(=O)N[C@@H](CC(O)N1CCCC[C@@H]1C)C(=O)N[C@@H](C)c1ncc(-c2ccc(F)cc2F)[nH]1. The zero-order valence-electron chi connectivity index (χ0n) is 22.1. The van der Waals surface area contributed by atoms with Crippen molar-refractivity contribution in [3.63, 3.8) is 0 Å². The van der Waals surface area contributed by atoms with Crippen LogP contribution in [0.15, 0.2) is 24.4 Å². The molecule has 1 aliphatic heterocycles. The first-order valence-electron chi connectivity index (χ1n) is 13.1. The number of aliphatic hydroxyl groups excluding tert-OH is 1. The molecule has 37 heavy (non-hydrogen) atoms. The van der Waals surface area contributed by atoms with Crippen molar-refractivity contribution in [1.29, 1.82) is 0 Å². The average molecular weight is 520 g/mol. The number of aromatic amines is 1. The summed E-state index contributed by atoms with van der Waals surface area (Å²) in [4.78, 5) is 35.1. The Labute approximate surface area is 217 Å². The molecule has 3 rings (SSSR count). The molecule has 4 N–H and O–H groups in total. The van der Waals surface area contributed by atoms with E-state index in [2.05, 4.69) is 27.5 Å². The van der Waals surface area contributed by atoms with Crippen LogP contribution in [0.2, 0.25) is 0 Å². The number of aliphatic hydroxyl groups is 1. The van der Waals surface area contributed by atoms with E-state index in [0.717, 1.165) is 37.9 Å². The van der Waals surface area contributed by atoms with E-state index >= 15 is 0 Å². The summed E-state index contributed by atoms with van der Waals surface area (Å²) >= 11 is 0. The predicted molar refractivity (Wildman–Crippen MR) is 137 cm³/mol. The summed E-state index contributed by atoms with van der Waals surface area (Å²) in [7, 11) is 0. The molecule has 0 saturated carbocycles. The smallest absolute Gasteiger partial charge is 0.243 e. The normalized spacial score (nSPS) is 18.9. The number of piperidine rings is 1. The lowest BCUT2D eigenvalue weighted by molar-refractivity contribution is -0.132. The van der Waals surface area contributed by atoms with E-state index in [1.165, 1.54) is 12.3 Å². The number of halogens is 2. The van der Waals surface area contributed by atoms with Gasteiger partial charge in [0.25, 0.3) is 0 Å². The van der Waals surface area contributed by atoms with Gasteiger partial charge >= 0.3 is 0 Å². The van der Waals surface area contributed by atoms with Crippen LogP contribution in [0.1, 0.15) is 78.1 Å². The zero-order chi connectivity index (χ0) is 27.1. The topological polar surface area (TPSA) is 110 Å². The van der Waals surface area contributed by atoms with Gasteiger partial charge in [-0.3, -0.25) is 14.5 Å². The van der Waals surface area contributed by atoms with Crippen molar-refractivity contribution in [2.75, 3.05) is 6.54 Å². The Hall–Kier alpha value is -2.85. The second-order valence-corrected chi connectivity index (χ2v) is 10.4. The fraction of sp³-hybridized carbons (Fsp3) is 0.593. The molecular weight excluding hydrogens is 480 g/mol. The Bertz CT molecular complexity index is 1060. The van der Waals surface area contributed by atoms with Crippen molar-refractivity contribution in [2.24, 2.45) is 5.92 Å². The van der Waals surface area contributed by atoms with Crippen molar-refractivity contribution in [1.82, 2.24) is 25.5 Å². The largest absolute Gasteiger partial charge is 0.378 e. The number of nitrogens with one attached hydrogen (secondary N) is 3. The van der Waals surface area contributed by atoms with E-state index in [1.807, 2.05) is 18.7 Å². The van der Waals surface area contributed by atoms with Gasteiger partial charge in [0, 0.05) is 37.1 Å². The second-order valence-electron chi connectivity index (χ2n) is 10.4. The highest BCUT2D eigenvalue weighted by Gasteiger charge is 2.31. The predicted octanol–water partition coefficient (Wildman–Crippen LogP) is 4.04. The van der Waals surface area contributed by atoms with E-state index in [1.54, 1.807) is 6.92 Å². The summed E-state index contributed by atoms with van der Waals surface area (Å²) in [5.74, 6) is -1.37. The molecule has 0 radical (unpaired) electrons. The lowest BCUT2D eigenvalue weighted by atomic mass is 10.0. The molecule has 1 fully saturated rings. The van der Waals surface area contributed by atoms with Gasteiger partial charge in [-0.05, 0) is 51.2 Å². The Morgan fingerprint density at radius 3 is 2.65 bits per heavy atom. The van der Waals surface area contributed by atoms with Crippen molar-refractivity contribution >= 4 is 11.8 Å². The summed E-state index contributed by atoms with van der Waals surface area (Å²) < 4.78 is 27.4. The van der Waals surface area contributed by atoms with Gasteiger partial charge in [0.1, 0.15) is 29.7 Å². The molecule has 4 atom stereocenters. The standard InChI is InChI=1S/C27H39F2N5O3/c1-16(2)8-11-24(35)32-22(14-25(36)34-12-6-5-7-17(34)3)27(37)31-18(4)26-30-15-23(33-26)20-10-9-19(28)13-21(20)29/h9-10,13,15-18,22,25,36H,5-8,11-12,14H2,1-4H3,(H,30,33)(H,31,37)(H,32,35)/t17-,18-,22-,25?/m0/s1. The molecule has 1 aliphatic rings. The van der Waals surface area contributed by atoms with Crippen LogP contribution in [0.25, 0.3) is 11.3 Å². The number of nitrogens with zero attached hydrogens (tertiary/aromatic N) is 2. The van der Waals surface area contributed by atoms with Crippen LogP contribution in [0, 0.1) is 17.6 Å². The Kier molecular flexibility index (Phi) is 10.2. The van der Waals surface area contributed by atoms with Crippen LogP contribution in [0.3, 0.4) is 0 Å². The van der Waals surface area contributed by atoms with E-state index in [-0.39, 0.29) is 30.4 Å². The van der Waals surface area contributed by atoms with Crippen molar-refractivity contribution in [2.45, 2.75) is 90.6 Å². The number of carbonyl (C=O) groups excluding carboxylic acids is 2. The quantitative estimate of drug-likeness (QED) is 0.358. The lowest BCUT2D eigenvalue weighted by Crippen LogP contribution is -2.53. The highest BCUT2D eigenvalue weighted by molar-refractivity contribution is 5.87. The first-order valence-corrected chi connectivity index (χ1v) is 13.1. The number of benzene rings is 1. The second kappa shape index (κ2) is 13.1. The third-order valence-electron chi connectivity index (χ3n) is 6.87. The molecule has 0 bridgehead atoms. The van der Waals surface area contributed by atoms with Crippen LogP contribution in [-0.4, -0.2) is 56.6 Å². The van der Waals surface area contributed by atoms with E-state index in [4.69, 9.17) is 0 Å². The van der Waals surface area contributed by atoms with Crippen molar-refractivity contribution in [3.05, 3.63) is 41.9 Å². The molecule has 0 aliphatic carbocycles. The van der Waals surface area contributed by atoms with Crippen LogP contribution in [-0.2, 0) is 9.59 Å². The molecule has 1 saturated heterocycles. The monoisotopic (exact) mass is 519 g/mol. The number of imidazole rings is 1. The molecule has 1 aromatic heterocycles. The third kappa shape index (κ3) is 8.07. The minimum atomic E-state index is -0.935. The fourth-order valence-electron chi connectivity index (χ4n) is 4.61. The first-order chi connectivity index (χ1) is 17.5. The molecular formula is C27H39F2N5O3. The molecule has 0 spiro atoms. The highest BCUT2D eigenvalue weighted by Crippen LogP contribution is 2.24. The zero-order valence-corrected chi connectivity index (χ0v) is 22.1. The van der Waals surface area contributed by atoms with Crippen LogP contribution in [0.4, 0.5) is 8.78 Å². The number of amides is 2. The summed E-state index contributed by atoms with van der Waals surface area (Å²) in [5, 5.41) is 16.6. The van der Waals surface area contributed by atoms with Gasteiger partial charge in [-0.25, -0.2) is 13.8 Å². The van der Waals surface area contributed by atoms with Gasteiger partial charge in [0.15, 0.2) is 0 Å². The molecule has 1 unspecified atom stereocenters. The Morgan fingerprint density at radius 2 is 1.97 bits per heavy atom. The first kappa shape index (κ1) is 28.7. The number of aromatic nitrogens is 2. The van der Waals surface area contributed by atoms with Gasteiger partial charge in [-0.1, -0.05) is 20.3 Å². The van der Waals surface area contributed by atoms with Crippen molar-refractivity contribution in [3.8, 4) is 11.3 Å². The van der Waals surface area contributed by atoms with E-state index in [9.17, 15) is 23.5 Å². The van der Waals surface area contributed by atoms with Gasteiger partial charge in [0.2, 0.25) is 11.8 Å². The van der Waals surface area contributed by atoms with Gasteiger partial charge in [-0.2, -0.15) is 0 Å². The maximum Gasteiger partial charge on any atom is 0.243 e. The van der Waals surface area contributed by atoms with Crippen LogP contribution >= 0.6 is 0 Å². The third-order valence-corrected chi connectivity index (χ3v) is 6.87. The fourth-order valence-corrected chi connectivity index (χ4v) is 4.61. The molecule has 10 heteroatoms. The van der Waals surface area contributed by atoms with Crippen LogP contribution < -0.4 is 10.6 Å². The van der Waals surface area contributed by atoms with E-state index < -0.39 is 35.9 Å². The summed E-state index contributed by atoms with van der Waals surface area (Å²) in [6.45, 7) is 8.55. The van der Waals surface area contributed by atoms with Crippen molar-refractivity contribution < 1.29 is 23.5 Å². The molecule has 204 valence electrons. The number of carbonyl (C=O) groups is 2. The van der Waals surface area contributed by atoms with Gasteiger partial charge in [0.05, 0.1) is 17.9 Å². The Balaban J connectivity index is 1.70. The molecule has 1 aromatic carbocycles. The maximum atomic E-state index is 14.2. The minimum Gasteiger partial charge on any atom is -0.378 e. The van der Waals surface area contributed by atoms with Crippen LogP contribution in [0.5, 0.6) is 0 Å². The molecule has 2 heterocycles. The molecule has 8 nitrogen and oxygen atoms in total. The molecule has 2 aromatic rings. The number of likely N-dealkylation sites (tertiary alicyclic amines) is 1. The van der Waals surface area contributed by atoms with Gasteiger partial charge in [-0.15, -0.1) is 0 Å². The summed E-state index contributed by atoms with van der Waals surface area (Å²) in [6.07, 6.45) is 4.64. The van der Waals surface area contributed by atoms with E-state index in [0.29, 0.717) is 23.9 Å². The number of rotatable bonds is 11. The Morgan fingerprint density at radius 1 is 1.22 bits per heavy atom. The van der Waals surface area contributed by atoms with Gasteiger partial charge < -0.3 is 20.7 Å². The number of hydrogen-bond acceptors (Lipinski definition) is 5. The lowest BCUT2D eigenvalue weighted by Gasteiger charge is -2.38. The average Bonchev–Trinajstić information content (AvgIpc) is 3.32. The molecule has 2 amide bonds. The maximum absolute atomic E-state index is 14.2.